The van der Waals surface area contributed by atoms with Crippen LogP contribution in [-0.4, -0.2) is 46.9 Å². The van der Waals surface area contributed by atoms with Gasteiger partial charge in [-0.05, 0) is 44.7 Å². The highest BCUT2D eigenvalue weighted by Gasteiger charge is 2.31. The van der Waals surface area contributed by atoms with Gasteiger partial charge in [0.15, 0.2) is 6.61 Å². The fraction of sp³-hybridized carbons (Fsp3) is 0.500. The molecule has 1 fully saturated rings. The number of nitrogens with two attached hydrogens (primary N) is 1. The number of amides is 2. The molecule has 1 aliphatic rings. The molecular weight excluding hydrogens is 334 g/mol. The summed E-state index contributed by atoms with van der Waals surface area (Å²) >= 11 is 5.99. The van der Waals surface area contributed by atoms with Gasteiger partial charge >= 0.3 is 5.97 Å². The van der Waals surface area contributed by atoms with Crippen LogP contribution in [0.25, 0.3) is 0 Å². The number of aryl methyl sites for hydroxylation is 2. The zero-order valence-corrected chi connectivity index (χ0v) is 14.4. The van der Waals surface area contributed by atoms with Crippen LogP contribution < -0.4 is 5.73 Å². The number of halogens is 1. The average molecular weight is 354 g/mol. The Labute approximate surface area is 145 Å². The van der Waals surface area contributed by atoms with Crippen molar-refractivity contribution in [1.29, 1.82) is 0 Å². The van der Waals surface area contributed by atoms with Crippen molar-refractivity contribution in [1.82, 2.24) is 9.88 Å². The van der Waals surface area contributed by atoms with Gasteiger partial charge in [-0.15, -0.1) is 0 Å². The Kier molecular flexibility index (Phi) is 5.77. The topological polar surface area (TPSA) is 103 Å². The Morgan fingerprint density at radius 2 is 2.08 bits per heavy atom. The van der Waals surface area contributed by atoms with Crippen molar-refractivity contribution in [2.75, 3.05) is 13.2 Å². The number of hydrogen-bond acceptors (Lipinski definition) is 5. The molecule has 0 saturated carbocycles. The molecule has 1 atom stereocenters. The van der Waals surface area contributed by atoms with Crippen LogP contribution in [0.15, 0.2) is 6.07 Å². The van der Waals surface area contributed by atoms with Crippen molar-refractivity contribution >= 4 is 29.4 Å². The number of rotatable bonds is 4. The monoisotopic (exact) mass is 353 g/mol. The molecule has 8 heteroatoms. The third kappa shape index (κ3) is 4.03. The van der Waals surface area contributed by atoms with Crippen molar-refractivity contribution < 1.29 is 19.1 Å². The Balaban J connectivity index is 2.03. The lowest BCUT2D eigenvalue weighted by atomic mass is 10.0. The molecular formula is C16H20ClN3O4. The van der Waals surface area contributed by atoms with E-state index in [2.05, 4.69) is 4.98 Å². The third-order valence-electron chi connectivity index (χ3n) is 3.98. The molecule has 24 heavy (non-hydrogen) atoms. The summed E-state index contributed by atoms with van der Waals surface area (Å²) in [5.74, 6) is -1.71. The van der Waals surface area contributed by atoms with Gasteiger partial charge in [0, 0.05) is 12.2 Å². The molecule has 0 bridgehead atoms. The highest BCUT2D eigenvalue weighted by atomic mass is 35.5. The summed E-state index contributed by atoms with van der Waals surface area (Å²) in [6.45, 7) is 3.44. The number of likely N-dealkylation sites (tertiary alicyclic amines) is 1. The second kappa shape index (κ2) is 7.61. The molecule has 0 aliphatic carbocycles. The number of aromatic nitrogens is 1. The van der Waals surface area contributed by atoms with E-state index >= 15 is 0 Å². The van der Waals surface area contributed by atoms with Crippen LogP contribution in [-0.2, 0) is 14.3 Å². The summed E-state index contributed by atoms with van der Waals surface area (Å²) in [5, 5.41) is 0.0398. The predicted octanol–water partition coefficient (Wildman–Crippen LogP) is 1.38. The quantitative estimate of drug-likeness (QED) is 0.650. The van der Waals surface area contributed by atoms with Gasteiger partial charge in [-0.1, -0.05) is 11.6 Å². The van der Waals surface area contributed by atoms with Crippen molar-refractivity contribution in [3.8, 4) is 0 Å². The van der Waals surface area contributed by atoms with Gasteiger partial charge in [-0.2, -0.15) is 0 Å². The SMILES string of the molecule is Cc1cc(C)c(C(=O)OCC(=O)N2CCCC[C@@H]2C(N)=O)c(Cl)n1. The molecule has 1 aromatic rings. The second-order valence-electron chi connectivity index (χ2n) is 5.82. The normalized spacial score (nSPS) is 17.5. The molecule has 7 nitrogen and oxygen atoms in total. The van der Waals surface area contributed by atoms with Crippen LogP contribution in [0.1, 0.15) is 40.9 Å². The maximum atomic E-state index is 12.3. The number of carbonyl (C=O) groups is 3. The Morgan fingerprint density at radius 3 is 2.71 bits per heavy atom. The number of hydrogen-bond donors (Lipinski definition) is 1. The Morgan fingerprint density at radius 1 is 1.38 bits per heavy atom. The van der Waals surface area contributed by atoms with Crippen LogP contribution in [0.5, 0.6) is 0 Å². The van der Waals surface area contributed by atoms with E-state index in [1.165, 1.54) is 4.90 Å². The van der Waals surface area contributed by atoms with Gasteiger partial charge in [-0.25, -0.2) is 9.78 Å². The number of esters is 1. The Bertz CT molecular complexity index is 654. The van der Waals surface area contributed by atoms with Crippen LogP contribution >= 0.6 is 11.6 Å². The summed E-state index contributed by atoms with van der Waals surface area (Å²) in [6, 6.07) is 1.06. The fourth-order valence-corrected chi connectivity index (χ4v) is 3.20. The molecule has 1 aromatic heterocycles. The zero-order chi connectivity index (χ0) is 17.9. The van der Waals surface area contributed by atoms with E-state index < -0.39 is 30.4 Å². The van der Waals surface area contributed by atoms with Crippen molar-refractivity contribution in [2.45, 2.75) is 39.2 Å². The average Bonchev–Trinajstić information content (AvgIpc) is 2.51. The fourth-order valence-electron chi connectivity index (χ4n) is 2.84. The van der Waals surface area contributed by atoms with Gasteiger partial charge in [0.05, 0.1) is 5.56 Å². The maximum absolute atomic E-state index is 12.3. The molecule has 0 aromatic carbocycles. The summed E-state index contributed by atoms with van der Waals surface area (Å²) in [4.78, 5) is 41.3. The first-order chi connectivity index (χ1) is 11.3. The summed E-state index contributed by atoms with van der Waals surface area (Å²) in [7, 11) is 0. The van der Waals surface area contributed by atoms with Crippen LogP contribution in [0.3, 0.4) is 0 Å². The predicted molar refractivity (Wildman–Crippen MR) is 87.5 cm³/mol. The highest BCUT2D eigenvalue weighted by Crippen LogP contribution is 2.20. The molecule has 0 radical (unpaired) electrons. The molecule has 1 aliphatic heterocycles. The molecule has 0 unspecified atom stereocenters. The maximum Gasteiger partial charge on any atom is 0.342 e. The smallest absolute Gasteiger partial charge is 0.342 e. The molecule has 0 spiro atoms. The minimum Gasteiger partial charge on any atom is -0.452 e. The van der Waals surface area contributed by atoms with Gasteiger partial charge in [0.1, 0.15) is 11.2 Å². The number of ether oxygens (including phenoxy) is 1. The lowest BCUT2D eigenvalue weighted by molar-refractivity contribution is -0.143. The molecule has 2 rings (SSSR count). The van der Waals surface area contributed by atoms with E-state index in [4.69, 9.17) is 22.1 Å². The third-order valence-corrected chi connectivity index (χ3v) is 4.26. The van der Waals surface area contributed by atoms with Crippen LogP contribution in [0.2, 0.25) is 5.15 Å². The lowest BCUT2D eigenvalue weighted by Gasteiger charge is -2.33. The van der Waals surface area contributed by atoms with E-state index in [1.54, 1.807) is 19.9 Å². The zero-order valence-electron chi connectivity index (χ0n) is 13.7. The second-order valence-corrected chi connectivity index (χ2v) is 6.18. The minimum atomic E-state index is -0.717. The molecule has 2 amide bonds. The van der Waals surface area contributed by atoms with Gasteiger partial charge in [-0.3, -0.25) is 9.59 Å². The van der Waals surface area contributed by atoms with Crippen molar-refractivity contribution in [3.05, 3.63) is 28.0 Å². The van der Waals surface area contributed by atoms with Crippen LogP contribution in [0, 0.1) is 13.8 Å². The van der Waals surface area contributed by atoms with Gasteiger partial charge in [0.25, 0.3) is 5.91 Å². The summed E-state index contributed by atoms with van der Waals surface area (Å²) in [5.41, 5.74) is 6.78. The van der Waals surface area contributed by atoms with Gasteiger partial charge < -0.3 is 15.4 Å². The molecule has 130 valence electrons. The first kappa shape index (κ1) is 18.2. The largest absolute Gasteiger partial charge is 0.452 e. The Hall–Kier alpha value is -2.15. The first-order valence-corrected chi connectivity index (χ1v) is 8.08. The lowest BCUT2D eigenvalue weighted by Crippen LogP contribution is -2.51. The number of carbonyl (C=O) groups excluding carboxylic acids is 3. The number of primary amides is 1. The van der Waals surface area contributed by atoms with Gasteiger partial charge in [0.2, 0.25) is 5.91 Å². The molecule has 2 N–H and O–H groups in total. The number of nitrogens with zero attached hydrogens (tertiary/aromatic N) is 2. The van der Waals surface area contributed by atoms with E-state index in [1.807, 2.05) is 0 Å². The summed E-state index contributed by atoms with van der Waals surface area (Å²) in [6.07, 6.45) is 2.15. The summed E-state index contributed by atoms with van der Waals surface area (Å²) < 4.78 is 5.07. The van der Waals surface area contributed by atoms with E-state index in [0.717, 1.165) is 12.8 Å². The highest BCUT2D eigenvalue weighted by molar-refractivity contribution is 6.32. The molecule has 1 saturated heterocycles. The van der Waals surface area contributed by atoms with E-state index in [9.17, 15) is 14.4 Å². The first-order valence-electron chi connectivity index (χ1n) is 7.71. The van der Waals surface area contributed by atoms with Crippen molar-refractivity contribution in [3.63, 3.8) is 0 Å². The standard InChI is InChI=1S/C16H20ClN3O4/c1-9-7-10(2)19-14(17)13(9)16(23)24-8-12(21)20-6-4-3-5-11(20)15(18)22/h7,11H,3-6,8H2,1-2H3,(H2,18,22)/t11-/m1/s1. The molecule has 2 heterocycles. The van der Waals surface area contributed by atoms with Crippen molar-refractivity contribution in [2.24, 2.45) is 5.73 Å². The van der Waals surface area contributed by atoms with E-state index in [-0.39, 0.29) is 10.7 Å². The number of piperidine rings is 1. The number of pyridine rings is 1. The minimum absolute atomic E-state index is 0.0398. The van der Waals surface area contributed by atoms with Crippen LogP contribution in [0.4, 0.5) is 0 Å². The van der Waals surface area contributed by atoms with E-state index in [0.29, 0.717) is 24.2 Å².